The van der Waals surface area contributed by atoms with Crippen LogP contribution in [-0.2, 0) is 6.42 Å². The molecule has 1 heterocycles. The number of hydrogen-bond acceptors (Lipinski definition) is 3. The molecule has 20 heavy (non-hydrogen) atoms. The van der Waals surface area contributed by atoms with Gasteiger partial charge in [-0.05, 0) is 63.7 Å². The second kappa shape index (κ2) is 6.04. The third kappa shape index (κ3) is 3.45. The molecule has 0 amide bonds. The zero-order valence-electron chi connectivity index (χ0n) is 12.6. The maximum Gasteiger partial charge on any atom is 0.126 e. The Labute approximate surface area is 121 Å². The predicted octanol–water partition coefficient (Wildman–Crippen LogP) is 3.12. The van der Waals surface area contributed by atoms with Crippen LogP contribution in [0.5, 0.6) is 11.5 Å². The van der Waals surface area contributed by atoms with Crippen molar-refractivity contribution in [3.8, 4) is 11.5 Å². The van der Waals surface area contributed by atoms with Gasteiger partial charge < -0.3 is 14.4 Å². The minimum absolute atomic E-state index is 0.360. The van der Waals surface area contributed by atoms with Crippen LogP contribution < -0.4 is 9.47 Å². The molecule has 110 valence electrons. The summed E-state index contributed by atoms with van der Waals surface area (Å²) in [6, 6.07) is 6.36. The quantitative estimate of drug-likeness (QED) is 0.796. The minimum atomic E-state index is 0.360. The average Bonchev–Trinajstić information content (AvgIpc) is 3.27. The molecule has 0 bridgehead atoms. The zero-order chi connectivity index (χ0) is 13.9. The molecule has 3 nitrogen and oxygen atoms in total. The Hall–Kier alpha value is -1.22. The molecule has 0 saturated heterocycles. The summed E-state index contributed by atoms with van der Waals surface area (Å²) in [4.78, 5) is 2.23. The van der Waals surface area contributed by atoms with E-state index in [9.17, 15) is 0 Å². The molecule has 1 aromatic carbocycles. The van der Waals surface area contributed by atoms with Crippen molar-refractivity contribution in [2.45, 2.75) is 38.2 Å². The van der Waals surface area contributed by atoms with E-state index >= 15 is 0 Å². The Bertz CT molecular complexity index is 454. The van der Waals surface area contributed by atoms with E-state index in [1.807, 2.05) is 0 Å². The number of aryl methyl sites for hydroxylation is 1. The van der Waals surface area contributed by atoms with Gasteiger partial charge in [0.2, 0.25) is 0 Å². The molecule has 3 heteroatoms. The van der Waals surface area contributed by atoms with E-state index in [1.54, 1.807) is 0 Å². The molecule has 0 radical (unpaired) electrons. The number of nitrogens with zero attached hydrogens (tertiary/aromatic N) is 1. The van der Waals surface area contributed by atoms with Crippen molar-refractivity contribution >= 4 is 0 Å². The molecule has 0 aromatic heterocycles. The summed E-state index contributed by atoms with van der Waals surface area (Å²) >= 11 is 0. The molecule has 1 aliphatic heterocycles. The highest BCUT2D eigenvalue weighted by atomic mass is 16.5. The van der Waals surface area contributed by atoms with Gasteiger partial charge in [0.25, 0.3) is 0 Å². The largest absolute Gasteiger partial charge is 0.493 e. The fourth-order valence-corrected chi connectivity index (χ4v) is 2.81. The molecule has 2 aliphatic rings. The van der Waals surface area contributed by atoms with E-state index in [1.165, 1.54) is 18.4 Å². The minimum Gasteiger partial charge on any atom is -0.493 e. The lowest BCUT2D eigenvalue weighted by molar-refractivity contribution is 0.154. The van der Waals surface area contributed by atoms with Gasteiger partial charge in [0.1, 0.15) is 17.6 Å². The summed E-state index contributed by atoms with van der Waals surface area (Å²) < 4.78 is 12.0. The molecule has 1 atom stereocenters. The topological polar surface area (TPSA) is 21.7 Å². The first-order valence-electron chi connectivity index (χ1n) is 7.79. The number of hydrogen-bond donors (Lipinski definition) is 0. The molecule has 3 rings (SSSR count). The van der Waals surface area contributed by atoms with Gasteiger partial charge in [0.15, 0.2) is 0 Å². The van der Waals surface area contributed by atoms with Crippen molar-refractivity contribution in [2.75, 3.05) is 27.2 Å². The van der Waals surface area contributed by atoms with Crippen molar-refractivity contribution in [3.63, 3.8) is 0 Å². The summed E-state index contributed by atoms with van der Waals surface area (Å²) in [5, 5.41) is 0. The Morgan fingerprint density at radius 1 is 1.35 bits per heavy atom. The maximum atomic E-state index is 6.25. The monoisotopic (exact) mass is 275 g/mol. The first-order chi connectivity index (χ1) is 9.72. The molecule has 1 saturated carbocycles. The summed E-state index contributed by atoms with van der Waals surface area (Å²) in [7, 11) is 4.24. The van der Waals surface area contributed by atoms with Gasteiger partial charge in [-0.3, -0.25) is 0 Å². The van der Waals surface area contributed by atoms with E-state index in [0.717, 1.165) is 49.8 Å². The second-order valence-electron chi connectivity index (χ2n) is 6.31. The number of ether oxygens (including phenoxy) is 2. The Morgan fingerprint density at radius 3 is 2.95 bits per heavy atom. The van der Waals surface area contributed by atoms with E-state index in [-0.39, 0.29) is 0 Å². The van der Waals surface area contributed by atoms with Crippen LogP contribution in [0.15, 0.2) is 18.2 Å². The van der Waals surface area contributed by atoms with Crippen LogP contribution in [0, 0.1) is 5.92 Å². The predicted molar refractivity (Wildman–Crippen MR) is 80.6 cm³/mol. The van der Waals surface area contributed by atoms with Gasteiger partial charge in [0.05, 0.1) is 6.61 Å². The lowest BCUT2D eigenvalue weighted by atomic mass is 10.1. The van der Waals surface area contributed by atoms with Crippen LogP contribution in [0.2, 0.25) is 0 Å². The second-order valence-corrected chi connectivity index (χ2v) is 6.31. The highest BCUT2D eigenvalue weighted by molar-refractivity contribution is 5.41. The highest BCUT2D eigenvalue weighted by Crippen LogP contribution is 2.37. The standard InChI is InChI=1S/C17H25NO2/c1-18(2)10-9-16(14-5-6-14)20-15-8-7-13-4-3-11-19-17(13)12-15/h7-8,12,14,16H,3-6,9-11H2,1-2H3. The van der Waals surface area contributed by atoms with Crippen LogP contribution in [0.3, 0.4) is 0 Å². The molecule has 0 spiro atoms. The van der Waals surface area contributed by atoms with Gasteiger partial charge in [-0.1, -0.05) is 6.07 Å². The first kappa shape index (κ1) is 13.7. The molecular weight excluding hydrogens is 250 g/mol. The lowest BCUT2D eigenvalue weighted by Gasteiger charge is -2.23. The van der Waals surface area contributed by atoms with Gasteiger partial charge in [-0.25, -0.2) is 0 Å². The number of benzene rings is 1. The molecule has 1 aromatic rings. The van der Waals surface area contributed by atoms with Crippen molar-refractivity contribution in [1.29, 1.82) is 0 Å². The molecular formula is C17H25NO2. The van der Waals surface area contributed by atoms with Crippen molar-refractivity contribution in [2.24, 2.45) is 5.92 Å². The molecule has 1 unspecified atom stereocenters. The van der Waals surface area contributed by atoms with Crippen LogP contribution >= 0.6 is 0 Å². The normalized spacial score (nSPS) is 19.4. The van der Waals surface area contributed by atoms with Gasteiger partial charge in [0, 0.05) is 12.6 Å². The fourth-order valence-electron chi connectivity index (χ4n) is 2.81. The molecule has 1 fully saturated rings. The molecule has 1 aliphatic carbocycles. The Balaban J connectivity index is 1.65. The summed E-state index contributed by atoms with van der Waals surface area (Å²) in [5.41, 5.74) is 1.32. The van der Waals surface area contributed by atoms with Gasteiger partial charge in [-0.2, -0.15) is 0 Å². The Morgan fingerprint density at radius 2 is 2.20 bits per heavy atom. The maximum absolute atomic E-state index is 6.25. The lowest BCUT2D eigenvalue weighted by Crippen LogP contribution is -2.25. The number of rotatable bonds is 6. The fraction of sp³-hybridized carbons (Fsp3) is 0.647. The summed E-state index contributed by atoms with van der Waals surface area (Å²) in [6.45, 7) is 1.92. The summed E-state index contributed by atoms with van der Waals surface area (Å²) in [6.07, 6.45) is 6.36. The highest BCUT2D eigenvalue weighted by Gasteiger charge is 2.32. The third-order valence-electron chi connectivity index (χ3n) is 4.18. The smallest absolute Gasteiger partial charge is 0.126 e. The van der Waals surface area contributed by atoms with Crippen LogP contribution in [0.1, 0.15) is 31.2 Å². The van der Waals surface area contributed by atoms with E-state index in [2.05, 4.69) is 37.2 Å². The zero-order valence-corrected chi connectivity index (χ0v) is 12.6. The van der Waals surface area contributed by atoms with Crippen LogP contribution in [-0.4, -0.2) is 38.3 Å². The molecule has 0 N–H and O–H groups in total. The van der Waals surface area contributed by atoms with Gasteiger partial charge >= 0.3 is 0 Å². The van der Waals surface area contributed by atoms with Crippen LogP contribution in [0.4, 0.5) is 0 Å². The van der Waals surface area contributed by atoms with Crippen LogP contribution in [0.25, 0.3) is 0 Å². The van der Waals surface area contributed by atoms with Crippen molar-refractivity contribution in [1.82, 2.24) is 4.90 Å². The SMILES string of the molecule is CN(C)CCC(Oc1ccc2c(c1)OCCC2)C1CC1. The first-order valence-corrected chi connectivity index (χ1v) is 7.79. The van der Waals surface area contributed by atoms with E-state index in [4.69, 9.17) is 9.47 Å². The van der Waals surface area contributed by atoms with Crippen molar-refractivity contribution < 1.29 is 9.47 Å². The van der Waals surface area contributed by atoms with Crippen molar-refractivity contribution in [3.05, 3.63) is 23.8 Å². The Kier molecular flexibility index (Phi) is 4.16. The van der Waals surface area contributed by atoms with E-state index in [0.29, 0.717) is 6.10 Å². The average molecular weight is 275 g/mol. The third-order valence-corrected chi connectivity index (χ3v) is 4.18. The number of fused-ring (bicyclic) bond motifs is 1. The van der Waals surface area contributed by atoms with Gasteiger partial charge in [-0.15, -0.1) is 0 Å². The van der Waals surface area contributed by atoms with E-state index < -0.39 is 0 Å². The summed E-state index contributed by atoms with van der Waals surface area (Å²) in [5.74, 6) is 2.75.